The van der Waals surface area contributed by atoms with Crippen LogP contribution in [0.5, 0.6) is 5.75 Å². The van der Waals surface area contributed by atoms with Crippen molar-refractivity contribution in [3.8, 4) is 5.75 Å². The molecule has 2 N–H and O–H groups in total. The fourth-order valence-electron chi connectivity index (χ4n) is 2.41. The molecular formula is C13H20N2O3. The highest BCUT2D eigenvalue weighted by Crippen LogP contribution is 2.12. The molecule has 1 saturated heterocycles. The fraction of sp³-hybridized carbons (Fsp3) is 0.615. The number of aliphatic hydroxyl groups excluding tert-OH is 1. The van der Waals surface area contributed by atoms with Crippen LogP contribution in [-0.4, -0.2) is 39.3 Å². The van der Waals surface area contributed by atoms with Crippen LogP contribution in [0.4, 0.5) is 0 Å². The van der Waals surface area contributed by atoms with Crippen molar-refractivity contribution >= 4 is 0 Å². The van der Waals surface area contributed by atoms with Crippen LogP contribution in [0.25, 0.3) is 0 Å². The summed E-state index contributed by atoms with van der Waals surface area (Å²) in [6.07, 6.45) is 5.42. The van der Waals surface area contributed by atoms with Crippen molar-refractivity contribution in [1.29, 1.82) is 0 Å². The zero-order valence-corrected chi connectivity index (χ0v) is 10.5. The van der Waals surface area contributed by atoms with Crippen LogP contribution in [0.1, 0.15) is 25.0 Å². The van der Waals surface area contributed by atoms with E-state index in [-0.39, 0.29) is 12.4 Å². The van der Waals surface area contributed by atoms with Crippen molar-refractivity contribution in [2.45, 2.75) is 32.4 Å². The van der Waals surface area contributed by atoms with Gasteiger partial charge in [0, 0.05) is 25.4 Å². The standard InChI is InChI=1S/C13H20N2O3/c16-10-11-13(18)12(17)4-7-15(11)9-8-14-5-2-1-3-6-14/h4,7,16,18H,1-3,5-6,8-10H2. The summed E-state index contributed by atoms with van der Waals surface area (Å²) in [4.78, 5) is 13.6. The molecule has 0 saturated carbocycles. The van der Waals surface area contributed by atoms with Gasteiger partial charge in [0.2, 0.25) is 5.43 Å². The summed E-state index contributed by atoms with van der Waals surface area (Å²) in [6.45, 7) is 3.47. The molecule has 2 rings (SSSR count). The third-order valence-electron chi connectivity index (χ3n) is 3.51. The van der Waals surface area contributed by atoms with E-state index in [4.69, 9.17) is 0 Å². The number of aromatic nitrogens is 1. The summed E-state index contributed by atoms with van der Waals surface area (Å²) < 4.78 is 1.76. The number of rotatable bonds is 4. The zero-order valence-electron chi connectivity index (χ0n) is 10.5. The van der Waals surface area contributed by atoms with Gasteiger partial charge < -0.3 is 19.7 Å². The van der Waals surface area contributed by atoms with E-state index < -0.39 is 5.43 Å². The van der Waals surface area contributed by atoms with Crippen LogP contribution in [-0.2, 0) is 13.2 Å². The first-order valence-electron chi connectivity index (χ1n) is 6.47. The van der Waals surface area contributed by atoms with E-state index in [1.807, 2.05) is 0 Å². The van der Waals surface area contributed by atoms with Gasteiger partial charge in [0.1, 0.15) is 0 Å². The maximum absolute atomic E-state index is 11.3. The van der Waals surface area contributed by atoms with Gasteiger partial charge in [-0.2, -0.15) is 0 Å². The maximum Gasteiger partial charge on any atom is 0.223 e. The largest absolute Gasteiger partial charge is 0.503 e. The Morgan fingerprint density at radius 1 is 1.17 bits per heavy atom. The highest BCUT2D eigenvalue weighted by atomic mass is 16.3. The van der Waals surface area contributed by atoms with Crippen molar-refractivity contribution in [2.75, 3.05) is 19.6 Å². The minimum absolute atomic E-state index is 0.305. The molecule has 1 aliphatic heterocycles. The van der Waals surface area contributed by atoms with Gasteiger partial charge in [-0.15, -0.1) is 0 Å². The van der Waals surface area contributed by atoms with E-state index in [9.17, 15) is 15.0 Å². The molecule has 0 radical (unpaired) electrons. The first-order chi connectivity index (χ1) is 8.72. The van der Waals surface area contributed by atoms with Crippen molar-refractivity contribution in [3.63, 3.8) is 0 Å². The molecule has 1 aromatic rings. The van der Waals surface area contributed by atoms with E-state index >= 15 is 0 Å². The molecule has 0 aliphatic carbocycles. The summed E-state index contributed by atoms with van der Waals surface area (Å²) in [5.41, 5.74) is -0.132. The molecule has 5 nitrogen and oxygen atoms in total. The molecule has 0 aromatic carbocycles. The van der Waals surface area contributed by atoms with Crippen LogP contribution >= 0.6 is 0 Å². The van der Waals surface area contributed by atoms with Gasteiger partial charge in [0.05, 0.1) is 12.3 Å². The van der Waals surface area contributed by atoms with Crippen LogP contribution < -0.4 is 5.43 Å². The van der Waals surface area contributed by atoms with Gasteiger partial charge >= 0.3 is 0 Å². The Morgan fingerprint density at radius 3 is 2.56 bits per heavy atom. The van der Waals surface area contributed by atoms with Crippen LogP contribution in [0.2, 0.25) is 0 Å². The minimum atomic E-state index is -0.437. The molecule has 0 spiro atoms. The van der Waals surface area contributed by atoms with Crippen molar-refractivity contribution in [3.05, 3.63) is 28.2 Å². The number of aromatic hydroxyl groups is 1. The molecule has 0 atom stereocenters. The number of pyridine rings is 1. The Balaban J connectivity index is 2.04. The number of piperidine rings is 1. The third kappa shape index (κ3) is 2.91. The second-order valence-electron chi connectivity index (χ2n) is 4.73. The van der Waals surface area contributed by atoms with Gasteiger partial charge in [-0.1, -0.05) is 6.42 Å². The number of hydrogen-bond donors (Lipinski definition) is 2. The predicted molar refractivity (Wildman–Crippen MR) is 68.6 cm³/mol. The third-order valence-corrected chi connectivity index (χ3v) is 3.51. The van der Waals surface area contributed by atoms with Gasteiger partial charge in [0.25, 0.3) is 0 Å². The quantitative estimate of drug-likeness (QED) is 0.820. The van der Waals surface area contributed by atoms with E-state index in [1.54, 1.807) is 10.8 Å². The SMILES string of the molecule is O=c1ccn(CCN2CCCCC2)c(CO)c1O. The van der Waals surface area contributed by atoms with Crippen molar-refractivity contribution in [1.82, 2.24) is 9.47 Å². The topological polar surface area (TPSA) is 65.7 Å². The maximum atomic E-state index is 11.3. The molecule has 0 amide bonds. The normalized spacial score (nSPS) is 16.9. The average molecular weight is 252 g/mol. The lowest BCUT2D eigenvalue weighted by Crippen LogP contribution is -2.33. The van der Waals surface area contributed by atoms with Gasteiger partial charge in [-0.3, -0.25) is 4.79 Å². The second-order valence-corrected chi connectivity index (χ2v) is 4.73. The summed E-state index contributed by atoms with van der Waals surface area (Å²) in [7, 11) is 0. The molecule has 1 fully saturated rings. The summed E-state index contributed by atoms with van der Waals surface area (Å²) in [5.74, 6) is -0.335. The van der Waals surface area contributed by atoms with Crippen molar-refractivity contribution < 1.29 is 10.2 Å². The minimum Gasteiger partial charge on any atom is -0.503 e. The number of aliphatic hydroxyl groups is 1. The van der Waals surface area contributed by atoms with E-state index in [0.717, 1.165) is 19.6 Å². The Morgan fingerprint density at radius 2 is 1.89 bits per heavy atom. The summed E-state index contributed by atoms with van der Waals surface area (Å²) in [6, 6.07) is 1.34. The Hall–Kier alpha value is -1.33. The number of likely N-dealkylation sites (tertiary alicyclic amines) is 1. The Kier molecular flexibility index (Phi) is 4.38. The van der Waals surface area contributed by atoms with E-state index in [2.05, 4.69) is 4.90 Å². The number of nitrogens with zero attached hydrogens (tertiary/aromatic N) is 2. The lowest BCUT2D eigenvalue weighted by atomic mass is 10.1. The first-order valence-corrected chi connectivity index (χ1v) is 6.47. The Labute approximate surface area is 106 Å². The molecule has 5 heteroatoms. The van der Waals surface area contributed by atoms with Gasteiger partial charge in [0.15, 0.2) is 5.75 Å². The second kappa shape index (κ2) is 6.02. The van der Waals surface area contributed by atoms with Crippen LogP contribution in [0.3, 0.4) is 0 Å². The van der Waals surface area contributed by atoms with Gasteiger partial charge in [-0.05, 0) is 25.9 Å². The smallest absolute Gasteiger partial charge is 0.223 e. The van der Waals surface area contributed by atoms with E-state index in [1.165, 1.54) is 25.3 Å². The Bertz CT molecular complexity index is 450. The highest BCUT2D eigenvalue weighted by Gasteiger charge is 2.12. The summed E-state index contributed by atoms with van der Waals surface area (Å²) >= 11 is 0. The highest BCUT2D eigenvalue weighted by molar-refractivity contribution is 5.26. The lowest BCUT2D eigenvalue weighted by Gasteiger charge is -2.27. The average Bonchev–Trinajstić information content (AvgIpc) is 2.41. The molecule has 1 aromatic heterocycles. The molecule has 0 unspecified atom stereocenters. The van der Waals surface area contributed by atoms with Gasteiger partial charge in [-0.25, -0.2) is 0 Å². The molecule has 1 aliphatic rings. The molecule has 0 bridgehead atoms. The van der Waals surface area contributed by atoms with Crippen molar-refractivity contribution in [2.24, 2.45) is 0 Å². The zero-order chi connectivity index (χ0) is 13.0. The van der Waals surface area contributed by atoms with E-state index in [0.29, 0.717) is 12.2 Å². The first kappa shape index (κ1) is 13.1. The lowest BCUT2D eigenvalue weighted by molar-refractivity contribution is 0.214. The number of hydrogen-bond acceptors (Lipinski definition) is 4. The fourth-order valence-corrected chi connectivity index (χ4v) is 2.41. The molecule has 100 valence electrons. The summed E-state index contributed by atoms with van der Waals surface area (Å²) in [5, 5.41) is 18.8. The monoisotopic (exact) mass is 252 g/mol. The molecule has 2 heterocycles. The molecular weight excluding hydrogens is 232 g/mol. The van der Waals surface area contributed by atoms with Crippen LogP contribution in [0, 0.1) is 0 Å². The van der Waals surface area contributed by atoms with Crippen LogP contribution in [0.15, 0.2) is 17.1 Å². The predicted octanol–water partition coefficient (Wildman–Crippen LogP) is 0.532. The molecule has 18 heavy (non-hydrogen) atoms.